The van der Waals surface area contributed by atoms with Gasteiger partial charge in [-0.05, 0) is 25.0 Å². The van der Waals surface area contributed by atoms with Gasteiger partial charge in [-0.25, -0.2) is 0 Å². The molecule has 1 aliphatic heterocycles. The topological polar surface area (TPSA) is 15.3 Å². The first-order valence-corrected chi connectivity index (χ1v) is 7.12. The number of hydrogen-bond donors (Lipinski definition) is 1. The number of fused-ring (bicyclic) bond motifs is 1. The Balaban J connectivity index is 2.02. The predicted molar refractivity (Wildman–Crippen MR) is 74.2 cm³/mol. The van der Waals surface area contributed by atoms with Crippen LogP contribution in [0.15, 0.2) is 18.2 Å². The molecule has 2 nitrogen and oxygen atoms in total. The average molecular weight is 284 g/mol. The third-order valence-corrected chi connectivity index (χ3v) is 4.80. The third kappa shape index (κ3) is 2.03. The van der Waals surface area contributed by atoms with E-state index >= 15 is 0 Å². The summed E-state index contributed by atoms with van der Waals surface area (Å²) in [6.45, 7) is 0.601. The Morgan fingerprint density at radius 1 is 1.15 bits per heavy atom. The Kier molecular flexibility index (Phi) is 3.10. The number of para-hydroxylation sites is 1. The first-order valence-electron chi connectivity index (χ1n) is 7.12. The van der Waals surface area contributed by atoms with E-state index in [1.165, 1.54) is 12.5 Å². The Morgan fingerprint density at radius 2 is 1.85 bits per heavy atom. The van der Waals surface area contributed by atoms with Gasteiger partial charge in [-0.2, -0.15) is 13.2 Å². The molecule has 2 aliphatic rings. The maximum atomic E-state index is 13.1. The van der Waals surface area contributed by atoms with E-state index in [1.54, 1.807) is 6.07 Å². The molecule has 0 amide bonds. The number of benzene rings is 1. The lowest BCUT2D eigenvalue weighted by atomic mass is 9.78. The lowest BCUT2D eigenvalue weighted by molar-refractivity contribution is -0.137. The van der Waals surface area contributed by atoms with Crippen molar-refractivity contribution < 1.29 is 13.2 Å². The molecule has 1 N–H and O–H groups in total. The Bertz CT molecular complexity index is 504. The summed E-state index contributed by atoms with van der Waals surface area (Å²) >= 11 is 0. The first-order chi connectivity index (χ1) is 9.44. The van der Waals surface area contributed by atoms with Gasteiger partial charge in [-0.1, -0.05) is 25.3 Å². The molecule has 0 atom stereocenters. The molecule has 1 aliphatic carbocycles. The van der Waals surface area contributed by atoms with Crippen LogP contribution in [-0.4, -0.2) is 19.1 Å². The molecule has 1 aromatic rings. The Hall–Kier alpha value is -1.39. The zero-order chi connectivity index (χ0) is 14.4. The summed E-state index contributed by atoms with van der Waals surface area (Å²) in [6, 6.07) is 4.44. The Morgan fingerprint density at radius 3 is 2.50 bits per heavy atom. The summed E-state index contributed by atoms with van der Waals surface area (Å²) in [7, 11) is 1.94. The van der Waals surface area contributed by atoms with E-state index < -0.39 is 11.7 Å². The lowest BCUT2D eigenvalue weighted by Crippen LogP contribution is -2.55. The standard InChI is InChI=1S/C15H19F3N2/c1-20-12-7-5-6-11(15(16,17)18)13(12)19-10-14(20)8-3-2-4-9-14/h5-7,19H,2-4,8-10H2,1H3. The van der Waals surface area contributed by atoms with E-state index in [0.29, 0.717) is 12.2 Å². The van der Waals surface area contributed by atoms with Crippen molar-refractivity contribution in [3.8, 4) is 0 Å². The smallest absolute Gasteiger partial charge is 0.381 e. The van der Waals surface area contributed by atoms with Gasteiger partial charge >= 0.3 is 6.18 Å². The van der Waals surface area contributed by atoms with Crippen molar-refractivity contribution >= 4 is 11.4 Å². The van der Waals surface area contributed by atoms with E-state index in [0.717, 1.165) is 31.7 Å². The van der Waals surface area contributed by atoms with Gasteiger partial charge in [-0.3, -0.25) is 0 Å². The molecule has 0 unspecified atom stereocenters. The summed E-state index contributed by atoms with van der Waals surface area (Å²) < 4.78 is 39.2. The number of anilines is 2. The van der Waals surface area contributed by atoms with Crippen molar-refractivity contribution in [3.63, 3.8) is 0 Å². The van der Waals surface area contributed by atoms with Crippen molar-refractivity contribution in [1.29, 1.82) is 0 Å². The molecule has 1 heterocycles. The number of rotatable bonds is 0. The van der Waals surface area contributed by atoms with Crippen LogP contribution in [0, 0.1) is 0 Å². The maximum Gasteiger partial charge on any atom is 0.418 e. The van der Waals surface area contributed by atoms with Crippen LogP contribution in [0.1, 0.15) is 37.7 Å². The number of hydrogen-bond acceptors (Lipinski definition) is 2. The molecule has 0 aromatic heterocycles. The quantitative estimate of drug-likeness (QED) is 0.765. The van der Waals surface area contributed by atoms with Crippen molar-refractivity contribution in [2.75, 3.05) is 23.8 Å². The number of halogens is 3. The maximum absolute atomic E-state index is 13.1. The van der Waals surface area contributed by atoms with E-state index in [9.17, 15) is 13.2 Å². The zero-order valence-electron chi connectivity index (χ0n) is 11.6. The van der Waals surface area contributed by atoms with Crippen LogP contribution in [-0.2, 0) is 6.18 Å². The van der Waals surface area contributed by atoms with Gasteiger partial charge in [0.2, 0.25) is 0 Å². The van der Waals surface area contributed by atoms with Crippen molar-refractivity contribution in [1.82, 2.24) is 0 Å². The molecule has 3 rings (SSSR count). The number of alkyl halides is 3. The van der Waals surface area contributed by atoms with Gasteiger partial charge in [0.1, 0.15) is 0 Å². The molecular formula is C15H19F3N2. The van der Waals surface area contributed by atoms with Crippen LogP contribution in [0.2, 0.25) is 0 Å². The summed E-state index contributed by atoms with van der Waals surface area (Å²) in [6.07, 6.45) is 1.32. The monoisotopic (exact) mass is 284 g/mol. The molecule has 0 radical (unpaired) electrons. The van der Waals surface area contributed by atoms with Gasteiger partial charge in [-0.15, -0.1) is 0 Å². The largest absolute Gasteiger partial charge is 0.418 e. The minimum absolute atomic E-state index is 0.0184. The summed E-state index contributed by atoms with van der Waals surface area (Å²) in [5, 5.41) is 3.07. The number of likely N-dealkylation sites (N-methyl/N-ethyl adjacent to an activating group) is 1. The van der Waals surface area contributed by atoms with E-state index in [2.05, 4.69) is 10.2 Å². The summed E-state index contributed by atoms with van der Waals surface area (Å²) in [5.74, 6) is 0. The molecule has 0 saturated heterocycles. The highest BCUT2D eigenvalue weighted by Crippen LogP contribution is 2.46. The van der Waals surface area contributed by atoms with Gasteiger partial charge in [0.15, 0.2) is 0 Å². The minimum atomic E-state index is -4.31. The highest BCUT2D eigenvalue weighted by atomic mass is 19.4. The Labute approximate surface area is 117 Å². The second-order valence-electron chi connectivity index (χ2n) is 5.90. The van der Waals surface area contributed by atoms with Gasteiger partial charge < -0.3 is 10.2 Å². The first kappa shape index (κ1) is 13.6. The second-order valence-corrected chi connectivity index (χ2v) is 5.90. The molecule has 110 valence electrons. The van der Waals surface area contributed by atoms with Crippen LogP contribution >= 0.6 is 0 Å². The normalized spacial score (nSPS) is 21.5. The second kappa shape index (κ2) is 4.57. The fourth-order valence-electron chi connectivity index (χ4n) is 3.59. The van der Waals surface area contributed by atoms with Crippen LogP contribution < -0.4 is 10.2 Å². The summed E-state index contributed by atoms with van der Waals surface area (Å²) in [4.78, 5) is 2.08. The SMILES string of the molecule is CN1c2cccc(C(F)(F)F)c2NCC12CCCCC2. The number of nitrogens with one attached hydrogen (secondary N) is 1. The molecule has 1 saturated carbocycles. The van der Waals surface area contributed by atoms with Gasteiger partial charge in [0.25, 0.3) is 0 Å². The van der Waals surface area contributed by atoms with Crippen LogP contribution in [0.5, 0.6) is 0 Å². The molecule has 0 bridgehead atoms. The average Bonchev–Trinajstić information content (AvgIpc) is 2.43. The summed E-state index contributed by atoms with van der Waals surface area (Å²) in [5.41, 5.74) is 0.328. The van der Waals surface area contributed by atoms with E-state index in [-0.39, 0.29) is 11.2 Å². The molecule has 5 heteroatoms. The fraction of sp³-hybridized carbons (Fsp3) is 0.600. The van der Waals surface area contributed by atoms with Crippen molar-refractivity contribution in [3.05, 3.63) is 23.8 Å². The van der Waals surface area contributed by atoms with Crippen molar-refractivity contribution in [2.45, 2.75) is 43.8 Å². The molecule has 20 heavy (non-hydrogen) atoms. The zero-order valence-corrected chi connectivity index (χ0v) is 11.6. The molecule has 1 spiro atoms. The molecular weight excluding hydrogens is 265 g/mol. The highest BCUT2D eigenvalue weighted by Gasteiger charge is 2.43. The van der Waals surface area contributed by atoms with E-state index in [4.69, 9.17) is 0 Å². The van der Waals surface area contributed by atoms with E-state index in [1.807, 2.05) is 7.05 Å². The minimum Gasteiger partial charge on any atom is -0.381 e. The van der Waals surface area contributed by atoms with Crippen LogP contribution in [0.4, 0.5) is 24.5 Å². The van der Waals surface area contributed by atoms with Gasteiger partial charge in [0.05, 0.1) is 22.5 Å². The van der Waals surface area contributed by atoms with Crippen LogP contribution in [0.25, 0.3) is 0 Å². The lowest BCUT2D eigenvalue weighted by Gasteiger charge is -2.50. The molecule has 1 aromatic carbocycles. The highest BCUT2D eigenvalue weighted by molar-refractivity contribution is 5.77. The van der Waals surface area contributed by atoms with Crippen LogP contribution in [0.3, 0.4) is 0 Å². The predicted octanol–water partition coefficient (Wildman–Crippen LogP) is 4.27. The third-order valence-electron chi connectivity index (χ3n) is 4.80. The van der Waals surface area contributed by atoms with Crippen molar-refractivity contribution in [2.24, 2.45) is 0 Å². The number of nitrogens with zero attached hydrogens (tertiary/aromatic N) is 1. The molecule has 1 fully saturated rings. The van der Waals surface area contributed by atoms with Gasteiger partial charge in [0, 0.05) is 13.6 Å². The fourth-order valence-corrected chi connectivity index (χ4v) is 3.59.